The lowest BCUT2D eigenvalue weighted by Gasteiger charge is -2.40. The van der Waals surface area contributed by atoms with E-state index in [0.29, 0.717) is 31.2 Å². The van der Waals surface area contributed by atoms with Crippen molar-refractivity contribution >= 4 is 18.0 Å². The molecule has 0 radical (unpaired) electrons. The van der Waals surface area contributed by atoms with Crippen LogP contribution in [0.25, 0.3) is 0 Å². The largest absolute Gasteiger partial charge is 0.444 e. The number of rotatable bonds is 5. The topological polar surface area (TPSA) is 95.1 Å². The lowest BCUT2D eigenvalue weighted by Crippen LogP contribution is -2.63. The minimum absolute atomic E-state index is 0.107. The Bertz CT molecular complexity index is 704. The summed E-state index contributed by atoms with van der Waals surface area (Å²) in [5.41, 5.74) is 1.14. The molecule has 1 aromatic carbocycles. The summed E-state index contributed by atoms with van der Waals surface area (Å²) in [6, 6.07) is 7.50. The second kappa shape index (κ2) is 9.43. The van der Waals surface area contributed by atoms with Gasteiger partial charge in [0.25, 0.3) is 5.91 Å². The van der Waals surface area contributed by atoms with Gasteiger partial charge in [-0.1, -0.05) is 12.1 Å². The Labute approximate surface area is 166 Å². The molecule has 0 saturated carbocycles. The van der Waals surface area contributed by atoms with Crippen molar-refractivity contribution in [3.63, 3.8) is 0 Å². The first-order valence-corrected chi connectivity index (χ1v) is 9.55. The SMILES string of the molecule is CCNC(=NCc1ccc(C(=O)NC)cc1)NC1CN(C(=O)OC(C)(C)C)C1. The molecule has 1 aliphatic rings. The molecular weight excluding hydrogens is 358 g/mol. The van der Waals surface area contributed by atoms with E-state index < -0.39 is 5.60 Å². The molecule has 2 rings (SSSR count). The quantitative estimate of drug-likeness (QED) is 0.527. The number of hydrogen-bond acceptors (Lipinski definition) is 4. The van der Waals surface area contributed by atoms with Gasteiger partial charge in [-0.2, -0.15) is 0 Å². The fourth-order valence-electron chi connectivity index (χ4n) is 2.64. The van der Waals surface area contributed by atoms with Crippen molar-refractivity contribution in [2.75, 3.05) is 26.7 Å². The highest BCUT2D eigenvalue weighted by molar-refractivity contribution is 5.93. The number of nitrogens with one attached hydrogen (secondary N) is 3. The molecule has 0 aromatic heterocycles. The third-order valence-corrected chi connectivity index (χ3v) is 4.08. The maximum Gasteiger partial charge on any atom is 0.410 e. The Hall–Kier alpha value is -2.77. The molecule has 1 saturated heterocycles. The lowest BCUT2D eigenvalue weighted by atomic mass is 10.1. The summed E-state index contributed by atoms with van der Waals surface area (Å²) in [5.74, 6) is 0.594. The summed E-state index contributed by atoms with van der Waals surface area (Å²) in [6.45, 7) is 9.98. The monoisotopic (exact) mass is 389 g/mol. The number of carbonyl (C=O) groups excluding carboxylic acids is 2. The van der Waals surface area contributed by atoms with E-state index in [1.54, 1.807) is 24.1 Å². The second-order valence-electron chi connectivity index (χ2n) is 7.70. The second-order valence-corrected chi connectivity index (χ2v) is 7.70. The fourth-order valence-corrected chi connectivity index (χ4v) is 2.64. The first-order valence-electron chi connectivity index (χ1n) is 9.55. The minimum Gasteiger partial charge on any atom is -0.444 e. The molecule has 0 atom stereocenters. The number of aliphatic imine (C=N–C) groups is 1. The minimum atomic E-state index is -0.487. The van der Waals surface area contributed by atoms with E-state index in [9.17, 15) is 9.59 Å². The molecule has 28 heavy (non-hydrogen) atoms. The van der Waals surface area contributed by atoms with Crippen LogP contribution < -0.4 is 16.0 Å². The van der Waals surface area contributed by atoms with Crippen LogP contribution in [-0.4, -0.2) is 61.2 Å². The van der Waals surface area contributed by atoms with Crippen molar-refractivity contribution in [1.82, 2.24) is 20.9 Å². The highest BCUT2D eigenvalue weighted by Crippen LogP contribution is 2.15. The molecule has 0 bridgehead atoms. The molecular formula is C20H31N5O3. The van der Waals surface area contributed by atoms with Gasteiger partial charge in [-0.25, -0.2) is 9.79 Å². The summed E-state index contributed by atoms with van der Waals surface area (Å²) in [6.07, 6.45) is -0.288. The molecule has 2 amide bonds. The Morgan fingerprint density at radius 3 is 2.39 bits per heavy atom. The van der Waals surface area contributed by atoms with Gasteiger partial charge in [-0.3, -0.25) is 4.79 Å². The van der Waals surface area contributed by atoms with E-state index >= 15 is 0 Å². The van der Waals surface area contributed by atoms with Crippen molar-refractivity contribution in [3.05, 3.63) is 35.4 Å². The van der Waals surface area contributed by atoms with Crippen LogP contribution in [0.3, 0.4) is 0 Å². The number of carbonyl (C=O) groups is 2. The number of hydrogen-bond donors (Lipinski definition) is 3. The molecule has 1 aromatic rings. The summed E-state index contributed by atoms with van der Waals surface area (Å²) >= 11 is 0. The number of nitrogens with zero attached hydrogens (tertiary/aromatic N) is 2. The molecule has 1 aliphatic heterocycles. The molecule has 0 spiro atoms. The van der Waals surface area contributed by atoms with Crippen molar-refractivity contribution in [2.24, 2.45) is 4.99 Å². The standard InChI is InChI=1S/C20H31N5O3/c1-6-22-18(23-11-14-7-9-15(10-8-14)17(26)21-5)24-16-12-25(13-16)19(27)28-20(2,3)4/h7-10,16H,6,11-13H2,1-5H3,(H,21,26)(H2,22,23,24). The number of likely N-dealkylation sites (tertiary alicyclic amines) is 1. The van der Waals surface area contributed by atoms with Crippen molar-refractivity contribution in [1.29, 1.82) is 0 Å². The molecule has 0 unspecified atom stereocenters. The van der Waals surface area contributed by atoms with Gasteiger partial charge >= 0.3 is 6.09 Å². The zero-order valence-electron chi connectivity index (χ0n) is 17.3. The smallest absolute Gasteiger partial charge is 0.410 e. The molecule has 3 N–H and O–H groups in total. The van der Waals surface area contributed by atoms with Gasteiger partial charge < -0.3 is 25.6 Å². The highest BCUT2D eigenvalue weighted by atomic mass is 16.6. The van der Waals surface area contributed by atoms with Gasteiger partial charge in [-0.15, -0.1) is 0 Å². The van der Waals surface area contributed by atoms with Crippen LogP contribution in [0.15, 0.2) is 29.3 Å². The normalized spacial score (nSPS) is 14.9. The van der Waals surface area contributed by atoms with Crippen molar-refractivity contribution < 1.29 is 14.3 Å². The molecule has 1 fully saturated rings. The van der Waals surface area contributed by atoms with E-state index in [1.165, 1.54) is 0 Å². The van der Waals surface area contributed by atoms with Crippen molar-refractivity contribution in [2.45, 2.75) is 45.9 Å². The molecule has 1 heterocycles. The lowest BCUT2D eigenvalue weighted by molar-refractivity contribution is 0.00700. The van der Waals surface area contributed by atoms with Gasteiger partial charge in [0.05, 0.1) is 12.6 Å². The van der Waals surface area contributed by atoms with Crippen LogP contribution in [-0.2, 0) is 11.3 Å². The average molecular weight is 390 g/mol. The third kappa shape index (κ3) is 6.44. The van der Waals surface area contributed by atoms with Crippen LogP contribution >= 0.6 is 0 Å². The van der Waals surface area contributed by atoms with Gasteiger partial charge in [0.2, 0.25) is 0 Å². The highest BCUT2D eigenvalue weighted by Gasteiger charge is 2.34. The first kappa shape index (κ1) is 21.5. The fraction of sp³-hybridized carbons (Fsp3) is 0.550. The van der Waals surface area contributed by atoms with E-state index in [-0.39, 0.29) is 18.0 Å². The van der Waals surface area contributed by atoms with Crippen LogP contribution in [0.5, 0.6) is 0 Å². The van der Waals surface area contributed by atoms with Gasteiger partial charge in [0.1, 0.15) is 5.60 Å². The van der Waals surface area contributed by atoms with E-state index in [2.05, 4.69) is 20.9 Å². The molecule has 8 heteroatoms. The van der Waals surface area contributed by atoms with Crippen LogP contribution in [0.1, 0.15) is 43.6 Å². The summed E-state index contributed by atoms with van der Waals surface area (Å²) in [4.78, 5) is 29.9. The van der Waals surface area contributed by atoms with Crippen LogP contribution in [0, 0.1) is 0 Å². The molecule has 154 valence electrons. The Kier molecular flexibility index (Phi) is 7.25. The van der Waals surface area contributed by atoms with E-state index in [1.807, 2.05) is 39.8 Å². The van der Waals surface area contributed by atoms with Gasteiger partial charge in [-0.05, 0) is 45.4 Å². The predicted octanol–water partition coefficient (Wildman–Crippen LogP) is 1.72. The average Bonchev–Trinajstić information content (AvgIpc) is 2.60. The maximum atomic E-state index is 12.0. The van der Waals surface area contributed by atoms with Gasteiger partial charge in [0.15, 0.2) is 5.96 Å². The summed E-state index contributed by atoms with van der Waals surface area (Å²) in [5, 5.41) is 9.15. The van der Waals surface area contributed by atoms with E-state index in [4.69, 9.17) is 4.74 Å². The third-order valence-electron chi connectivity index (χ3n) is 4.08. The van der Waals surface area contributed by atoms with Crippen LogP contribution in [0.4, 0.5) is 4.79 Å². The predicted molar refractivity (Wildman–Crippen MR) is 109 cm³/mol. The molecule has 8 nitrogen and oxygen atoms in total. The maximum absolute atomic E-state index is 12.0. The first-order chi connectivity index (χ1) is 13.2. The Morgan fingerprint density at radius 2 is 1.86 bits per heavy atom. The zero-order chi connectivity index (χ0) is 20.7. The molecule has 0 aliphatic carbocycles. The summed E-state index contributed by atoms with van der Waals surface area (Å²) in [7, 11) is 1.61. The van der Waals surface area contributed by atoms with E-state index in [0.717, 1.165) is 12.1 Å². The Balaban J connectivity index is 1.86. The number of benzene rings is 1. The number of ether oxygens (including phenoxy) is 1. The van der Waals surface area contributed by atoms with Crippen LogP contribution in [0.2, 0.25) is 0 Å². The van der Waals surface area contributed by atoms with Crippen molar-refractivity contribution in [3.8, 4) is 0 Å². The van der Waals surface area contributed by atoms with Gasteiger partial charge in [0, 0.05) is 32.2 Å². The zero-order valence-corrected chi connectivity index (χ0v) is 17.3. The number of amides is 2. The number of guanidine groups is 1. The Morgan fingerprint density at radius 1 is 1.21 bits per heavy atom. The summed E-state index contributed by atoms with van der Waals surface area (Å²) < 4.78 is 5.37.